The van der Waals surface area contributed by atoms with Gasteiger partial charge in [0.25, 0.3) is 0 Å². The monoisotopic (exact) mass is 318 g/mol. The Labute approximate surface area is 138 Å². The fourth-order valence-corrected chi connectivity index (χ4v) is 4.12. The van der Waals surface area contributed by atoms with Crippen molar-refractivity contribution in [2.45, 2.75) is 50.4 Å². The van der Waals surface area contributed by atoms with E-state index in [1.165, 1.54) is 6.07 Å². The van der Waals surface area contributed by atoms with Gasteiger partial charge < -0.3 is 10.6 Å². The normalized spacial score (nSPS) is 24.1. The molecular weight excluding hydrogens is 291 g/mol. The zero-order chi connectivity index (χ0) is 16.1. The van der Waals surface area contributed by atoms with E-state index in [4.69, 9.17) is 0 Å². The van der Waals surface area contributed by atoms with Crippen molar-refractivity contribution in [2.75, 3.05) is 19.6 Å². The second-order valence-electron chi connectivity index (χ2n) is 7.09. The minimum Gasteiger partial charge on any atom is -0.355 e. The lowest BCUT2D eigenvalue weighted by Crippen LogP contribution is -2.41. The van der Waals surface area contributed by atoms with E-state index in [2.05, 4.69) is 10.6 Å². The fraction of sp³-hybridized carbons (Fsp3) is 0.632. The number of carbonyl (C=O) groups is 1. The largest absolute Gasteiger partial charge is 0.355 e. The predicted octanol–water partition coefficient (Wildman–Crippen LogP) is 3.14. The molecule has 3 rings (SSSR count). The molecule has 4 heteroatoms. The highest BCUT2D eigenvalue weighted by molar-refractivity contribution is 5.78. The molecule has 126 valence electrons. The summed E-state index contributed by atoms with van der Waals surface area (Å²) in [5.41, 5.74) is 0.957. The highest BCUT2D eigenvalue weighted by Crippen LogP contribution is 2.40. The van der Waals surface area contributed by atoms with Crippen LogP contribution in [0.25, 0.3) is 0 Å². The molecule has 1 aromatic carbocycles. The molecule has 0 radical (unpaired) electrons. The minimum absolute atomic E-state index is 0.0826. The van der Waals surface area contributed by atoms with Crippen LogP contribution in [0.3, 0.4) is 0 Å². The van der Waals surface area contributed by atoms with Gasteiger partial charge in [0.05, 0.1) is 0 Å². The molecule has 2 N–H and O–H groups in total. The fourth-order valence-electron chi connectivity index (χ4n) is 4.12. The first-order valence-electron chi connectivity index (χ1n) is 8.94. The van der Waals surface area contributed by atoms with E-state index >= 15 is 0 Å². The van der Waals surface area contributed by atoms with Gasteiger partial charge in [-0.2, -0.15) is 0 Å². The average Bonchev–Trinajstić information content (AvgIpc) is 2.88. The zero-order valence-corrected chi connectivity index (χ0v) is 13.7. The number of nitrogens with one attached hydrogen (secondary N) is 2. The summed E-state index contributed by atoms with van der Waals surface area (Å²) in [5, 5.41) is 6.54. The Hall–Kier alpha value is -1.42. The lowest BCUT2D eigenvalue weighted by Gasteiger charge is -2.31. The molecule has 1 saturated heterocycles. The molecule has 0 spiro atoms. The SMILES string of the molecule is O=C(NCC1(c2cccc(F)c2)CCCC1)[C@H]1CCCNCC1. The van der Waals surface area contributed by atoms with Crippen molar-refractivity contribution < 1.29 is 9.18 Å². The van der Waals surface area contributed by atoms with Crippen molar-refractivity contribution in [1.29, 1.82) is 0 Å². The van der Waals surface area contributed by atoms with Gasteiger partial charge in [-0.15, -0.1) is 0 Å². The summed E-state index contributed by atoms with van der Waals surface area (Å²) >= 11 is 0. The van der Waals surface area contributed by atoms with E-state index in [0.29, 0.717) is 6.54 Å². The molecule has 1 atom stereocenters. The maximum atomic E-state index is 13.6. The molecule has 3 nitrogen and oxygen atoms in total. The van der Waals surface area contributed by atoms with Crippen molar-refractivity contribution in [2.24, 2.45) is 5.92 Å². The summed E-state index contributed by atoms with van der Waals surface area (Å²) in [4.78, 5) is 12.5. The number of halogens is 1. The standard InChI is InChI=1S/C19H27FN2O/c20-17-7-3-6-16(13-17)19(9-1-2-10-19)14-22-18(23)15-5-4-11-21-12-8-15/h3,6-7,13,15,21H,1-2,4-5,8-12,14H2,(H,22,23)/t15-/m0/s1. The number of hydrogen-bond donors (Lipinski definition) is 2. The molecule has 1 aliphatic carbocycles. The van der Waals surface area contributed by atoms with Crippen LogP contribution in [0.4, 0.5) is 4.39 Å². The van der Waals surface area contributed by atoms with Crippen LogP contribution < -0.4 is 10.6 Å². The summed E-state index contributed by atoms with van der Waals surface area (Å²) in [6.45, 7) is 2.57. The highest BCUT2D eigenvalue weighted by atomic mass is 19.1. The van der Waals surface area contributed by atoms with Gasteiger partial charge in [-0.3, -0.25) is 4.79 Å². The van der Waals surface area contributed by atoms with Crippen molar-refractivity contribution in [1.82, 2.24) is 10.6 Å². The Balaban J connectivity index is 1.67. The molecule has 1 aliphatic heterocycles. The van der Waals surface area contributed by atoms with E-state index in [-0.39, 0.29) is 23.1 Å². The second kappa shape index (κ2) is 7.43. The Morgan fingerprint density at radius 3 is 2.83 bits per heavy atom. The Kier molecular flexibility index (Phi) is 5.31. The van der Waals surface area contributed by atoms with Gasteiger partial charge in [-0.1, -0.05) is 25.0 Å². The molecule has 2 fully saturated rings. The smallest absolute Gasteiger partial charge is 0.223 e. The lowest BCUT2D eigenvalue weighted by atomic mass is 9.78. The zero-order valence-electron chi connectivity index (χ0n) is 13.7. The maximum Gasteiger partial charge on any atom is 0.223 e. The summed E-state index contributed by atoms with van der Waals surface area (Å²) in [5.74, 6) is 0.113. The van der Waals surface area contributed by atoms with Crippen LogP contribution in [0.1, 0.15) is 50.5 Å². The van der Waals surface area contributed by atoms with Crippen molar-refractivity contribution in [3.63, 3.8) is 0 Å². The van der Waals surface area contributed by atoms with Crippen LogP contribution in [0.5, 0.6) is 0 Å². The average molecular weight is 318 g/mol. The number of benzene rings is 1. The van der Waals surface area contributed by atoms with Gasteiger partial charge >= 0.3 is 0 Å². The van der Waals surface area contributed by atoms with Gasteiger partial charge in [-0.05, 0) is 62.9 Å². The number of rotatable bonds is 4. The Bertz CT molecular complexity index is 532. The Morgan fingerprint density at radius 2 is 2.04 bits per heavy atom. The maximum absolute atomic E-state index is 13.6. The first-order chi connectivity index (χ1) is 11.2. The third kappa shape index (κ3) is 3.92. The van der Waals surface area contributed by atoms with Crippen LogP contribution in [0, 0.1) is 11.7 Å². The van der Waals surface area contributed by atoms with E-state index < -0.39 is 0 Å². The quantitative estimate of drug-likeness (QED) is 0.895. The van der Waals surface area contributed by atoms with Crippen LogP contribution in [0.2, 0.25) is 0 Å². The van der Waals surface area contributed by atoms with Gasteiger partial charge in [0.1, 0.15) is 5.82 Å². The first-order valence-corrected chi connectivity index (χ1v) is 8.94. The van der Waals surface area contributed by atoms with E-state index in [1.807, 2.05) is 6.07 Å². The molecule has 1 amide bonds. The van der Waals surface area contributed by atoms with E-state index in [0.717, 1.165) is 63.6 Å². The molecule has 23 heavy (non-hydrogen) atoms. The van der Waals surface area contributed by atoms with Crippen molar-refractivity contribution in [3.05, 3.63) is 35.6 Å². The van der Waals surface area contributed by atoms with Gasteiger partial charge in [0, 0.05) is 17.9 Å². The second-order valence-corrected chi connectivity index (χ2v) is 7.09. The number of hydrogen-bond acceptors (Lipinski definition) is 2. The molecule has 1 saturated carbocycles. The number of amides is 1. The van der Waals surface area contributed by atoms with Gasteiger partial charge in [0.15, 0.2) is 0 Å². The molecule has 1 aromatic rings. The predicted molar refractivity (Wildman–Crippen MR) is 89.8 cm³/mol. The van der Waals surface area contributed by atoms with Crippen LogP contribution in [-0.4, -0.2) is 25.5 Å². The van der Waals surface area contributed by atoms with E-state index in [9.17, 15) is 9.18 Å². The third-order valence-corrected chi connectivity index (χ3v) is 5.55. The molecule has 0 bridgehead atoms. The van der Waals surface area contributed by atoms with Gasteiger partial charge in [-0.25, -0.2) is 4.39 Å². The molecular formula is C19H27FN2O. The van der Waals surface area contributed by atoms with Crippen LogP contribution in [0.15, 0.2) is 24.3 Å². The van der Waals surface area contributed by atoms with Crippen molar-refractivity contribution >= 4 is 5.91 Å². The topological polar surface area (TPSA) is 41.1 Å². The van der Waals surface area contributed by atoms with Crippen LogP contribution >= 0.6 is 0 Å². The summed E-state index contributed by atoms with van der Waals surface area (Å²) in [7, 11) is 0. The third-order valence-electron chi connectivity index (χ3n) is 5.55. The molecule has 0 aromatic heterocycles. The molecule has 2 aliphatic rings. The highest BCUT2D eigenvalue weighted by Gasteiger charge is 2.36. The molecule has 1 heterocycles. The van der Waals surface area contributed by atoms with Crippen molar-refractivity contribution in [3.8, 4) is 0 Å². The number of carbonyl (C=O) groups excluding carboxylic acids is 1. The van der Waals surface area contributed by atoms with Gasteiger partial charge in [0.2, 0.25) is 5.91 Å². The first kappa shape index (κ1) is 16.4. The Morgan fingerprint density at radius 1 is 1.22 bits per heavy atom. The summed E-state index contributed by atoms with van der Waals surface area (Å²) in [6.07, 6.45) is 7.31. The minimum atomic E-state index is -0.185. The molecule has 0 unspecified atom stereocenters. The lowest BCUT2D eigenvalue weighted by molar-refractivity contribution is -0.125. The van der Waals surface area contributed by atoms with E-state index in [1.54, 1.807) is 12.1 Å². The van der Waals surface area contributed by atoms with Crippen LogP contribution in [-0.2, 0) is 10.2 Å². The summed E-state index contributed by atoms with van der Waals surface area (Å²) < 4.78 is 13.6. The summed E-state index contributed by atoms with van der Waals surface area (Å²) in [6, 6.07) is 6.93.